The topological polar surface area (TPSA) is 54.3 Å². The largest absolute Gasteiger partial charge is 0.338 e. The molecule has 154 valence electrons. The molecule has 6 nitrogen and oxygen atoms in total. The first-order valence-corrected chi connectivity index (χ1v) is 11.0. The number of imidazole rings is 1. The molecule has 29 heavy (non-hydrogen) atoms. The zero-order chi connectivity index (χ0) is 20.0. The first kappa shape index (κ1) is 18.8. The van der Waals surface area contributed by atoms with Crippen molar-refractivity contribution in [2.24, 2.45) is 11.3 Å². The van der Waals surface area contributed by atoms with E-state index >= 15 is 0 Å². The van der Waals surface area contributed by atoms with Gasteiger partial charge in [0.1, 0.15) is 0 Å². The number of aromatic nitrogens is 3. The molecular formula is C23H31N5O. The molecule has 2 aliphatic heterocycles. The van der Waals surface area contributed by atoms with Gasteiger partial charge in [-0.3, -0.25) is 9.78 Å². The minimum atomic E-state index is -0.321. The van der Waals surface area contributed by atoms with Crippen LogP contribution in [-0.4, -0.2) is 56.4 Å². The van der Waals surface area contributed by atoms with Crippen LogP contribution in [0.1, 0.15) is 56.3 Å². The first-order valence-electron chi connectivity index (χ1n) is 11.0. The molecule has 4 heterocycles. The predicted octanol–water partition coefficient (Wildman–Crippen LogP) is 3.09. The summed E-state index contributed by atoms with van der Waals surface area (Å²) < 4.78 is 2.17. The molecule has 1 aliphatic carbocycles. The van der Waals surface area contributed by atoms with Gasteiger partial charge in [-0.05, 0) is 56.7 Å². The molecule has 5 rings (SSSR count). The van der Waals surface area contributed by atoms with Crippen molar-refractivity contribution < 1.29 is 4.79 Å². The first-order chi connectivity index (χ1) is 14.0. The summed E-state index contributed by atoms with van der Waals surface area (Å²) in [6, 6.07) is 4.40. The van der Waals surface area contributed by atoms with Crippen molar-refractivity contribution in [3.63, 3.8) is 0 Å². The van der Waals surface area contributed by atoms with Gasteiger partial charge in [0, 0.05) is 63.3 Å². The van der Waals surface area contributed by atoms with Crippen molar-refractivity contribution in [2.45, 2.75) is 51.6 Å². The van der Waals surface area contributed by atoms with Crippen molar-refractivity contribution in [2.75, 3.05) is 26.2 Å². The molecule has 2 saturated heterocycles. The summed E-state index contributed by atoms with van der Waals surface area (Å²) in [5, 5.41) is 0. The number of likely N-dealkylation sites (tertiary alicyclic amines) is 2. The number of nitrogens with zero attached hydrogens (tertiary/aromatic N) is 5. The number of carbonyl (C=O) groups is 1. The fourth-order valence-electron chi connectivity index (χ4n) is 5.19. The summed E-state index contributed by atoms with van der Waals surface area (Å²) in [4.78, 5) is 27.2. The number of rotatable bonds is 6. The molecule has 0 N–H and O–H groups in total. The van der Waals surface area contributed by atoms with E-state index in [0.29, 0.717) is 18.5 Å². The van der Waals surface area contributed by atoms with Crippen LogP contribution in [0.25, 0.3) is 0 Å². The van der Waals surface area contributed by atoms with Crippen LogP contribution in [0.15, 0.2) is 37.1 Å². The second kappa shape index (κ2) is 7.24. The average Bonchev–Trinajstić information content (AvgIpc) is 3.13. The van der Waals surface area contributed by atoms with E-state index in [-0.39, 0.29) is 11.3 Å². The number of carbonyl (C=O) groups excluding carboxylic acids is 1. The second-order valence-electron chi connectivity index (χ2n) is 9.52. The van der Waals surface area contributed by atoms with Crippen molar-refractivity contribution in [1.82, 2.24) is 24.3 Å². The van der Waals surface area contributed by atoms with Gasteiger partial charge in [-0.15, -0.1) is 0 Å². The molecule has 2 unspecified atom stereocenters. The summed E-state index contributed by atoms with van der Waals surface area (Å²) in [5.74, 6) is 1.34. The lowest BCUT2D eigenvalue weighted by Crippen LogP contribution is -2.39. The van der Waals surface area contributed by atoms with E-state index in [2.05, 4.69) is 39.4 Å². The van der Waals surface area contributed by atoms with Gasteiger partial charge in [0.15, 0.2) is 0 Å². The van der Waals surface area contributed by atoms with Gasteiger partial charge in [0.25, 0.3) is 0 Å². The maximum absolute atomic E-state index is 13.8. The molecule has 0 aromatic carbocycles. The van der Waals surface area contributed by atoms with Gasteiger partial charge in [0.05, 0.1) is 17.4 Å². The fourth-order valence-corrected chi connectivity index (χ4v) is 5.19. The molecule has 1 saturated carbocycles. The van der Waals surface area contributed by atoms with Gasteiger partial charge in [-0.2, -0.15) is 0 Å². The van der Waals surface area contributed by atoms with E-state index in [1.54, 1.807) is 12.4 Å². The quantitative estimate of drug-likeness (QED) is 0.757. The Bertz CT molecular complexity index is 874. The molecular weight excluding hydrogens is 362 g/mol. The second-order valence-corrected chi connectivity index (χ2v) is 9.52. The maximum Gasteiger partial charge on any atom is 0.231 e. The third-order valence-corrected chi connectivity index (χ3v) is 7.07. The van der Waals surface area contributed by atoms with Gasteiger partial charge in [-0.25, -0.2) is 4.98 Å². The van der Waals surface area contributed by atoms with Gasteiger partial charge >= 0.3 is 0 Å². The van der Waals surface area contributed by atoms with Crippen LogP contribution in [0.5, 0.6) is 0 Å². The number of pyridine rings is 1. The van der Waals surface area contributed by atoms with Crippen LogP contribution in [0.2, 0.25) is 0 Å². The summed E-state index contributed by atoms with van der Waals surface area (Å²) in [6.07, 6.45) is 11.3. The molecule has 1 amide bonds. The van der Waals surface area contributed by atoms with E-state index in [1.807, 2.05) is 18.5 Å². The Morgan fingerprint density at radius 2 is 2.03 bits per heavy atom. The van der Waals surface area contributed by atoms with E-state index in [0.717, 1.165) is 49.8 Å². The highest BCUT2D eigenvalue weighted by Gasteiger charge is 2.58. The summed E-state index contributed by atoms with van der Waals surface area (Å²) in [6.45, 7) is 8.84. The summed E-state index contributed by atoms with van der Waals surface area (Å²) >= 11 is 0. The van der Waals surface area contributed by atoms with E-state index < -0.39 is 0 Å². The normalized spacial score (nSPS) is 27.6. The van der Waals surface area contributed by atoms with E-state index in [4.69, 9.17) is 4.98 Å². The van der Waals surface area contributed by atoms with Crippen LogP contribution < -0.4 is 0 Å². The fraction of sp³-hybridized carbons (Fsp3) is 0.609. The van der Waals surface area contributed by atoms with E-state index in [1.165, 1.54) is 12.8 Å². The minimum Gasteiger partial charge on any atom is -0.338 e. The lowest BCUT2D eigenvalue weighted by molar-refractivity contribution is -0.136. The molecule has 0 bridgehead atoms. The summed E-state index contributed by atoms with van der Waals surface area (Å²) in [7, 11) is 0. The number of hydrogen-bond acceptors (Lipinski definition) is 4. The van der Waals surface area contributed by atoms with Crippen molar-refractivity contribution in [3.05, 3.63) is 48.3 Å². The monoisotopic (exact) mass is 393 g/mol. The van der Waals surface area contributed by atoms with Gasteiger partial charge in [-0.1, -0.05) is 0 Å². The van der Waals surface area contributed by atoms with Gasteiger partial charge in [0.2, 0.25) is 5.91 Å². The van der Waals surface area contributed by atoms with Crippen LogP contribution in [-0.2, 0) is 11.3 Å². The molecule has 2 aromatic heterocycles. The predicted molar refractivity (Wildman–Crippen MR) is 111 cm³/mol. The van der Waals surface area contributed by atoms with Crippen LogP contribution in [0.4, 0.5) is 0 Å². The lowest BCUT2D eigenvalue weighted by Gasteiger charge is -2.28. The highest BCUT2D eigenvalue weighted by Crippen LogP contribution is 2.50. The van der Waals surface area contributed by atoms with E-state index in [9.17, 15) is 4.79 Å². The molecule has 2 atom stereocenters. The zero-order valence-corrected chi connectivity index (χ0v) is 17.5. The lowest BCUT2D eigenvalue weighted by atomic mass is 9.75. The average molecular weight is 394 g/mol. The van der Waals surface area contributed by atoms with Crippen molar-refractivity contribution >= 4 is 5.91 Å². The SMILES string of the molecule is CC(C)n1cnc(C2CN(CC3CC3)CC23CCN(Cc2ccncc2)C3=O)c1. The van der Waals surface area contributed by atoms with Gasteiger partial charge < -0.3 is 14.4 Å². The van der Waals surface area contributed by atoms with Crippen LogP contribution in [0.3, 0.4) is 0 Å². The Kier molecular flexibility index (Phi) is 4.69. The Morgan fingerprint density at radius 3 is 2.72 bits per heavy atom. The number of hydrogen-bond donors (Lipinski definition) is 0. The van der Waals surface area contributed by atoms with Crippen molar-refractivity contribution in [1.29, 1.82) is 0 Å². The molecule has 2 aromatic rings. The molecule has 3 fully saturated rings. The maximum atomic E-state index is 13.8. The third kappa shape index (κ3) is 3.48. The Balaban J connectivity index is 1.41. The molecule has 3 aliphatic rings. The smallest absolute Gasteiger partial charge is 0.231 e. The van der Waals surface area contributed by atoms with Crippen molar-refractivity contribution in [3.8, 4) is 0 Å². The highest BCUT2D eigenvalue weighted by atomic mass is 16.2. The highest BCUT2D eigenvalue weighted by molar-refractivity contribution is 5.86. The zero-order valence-electron chi connectivity index (χ0n) is 17.5. The number of amides is 1. The Morgan fingerprint density at radius 1 is 1.24 bits per heavy atom. The Hall–Kier alpha value is -2.21. The molecule has 1 spiro atoms. The standard InChI is InChI=1S/C23H31N5O/c1-17(2)28-14-21(25-16-28)20-13-26(11-18-3-4-18)15-23(20)7-10-27(22(23)29)12-19-5-8-24-9-6-19/h5-6,8-9,14,16-18,20H,3-4,7,10-13,15H2,1-2H3. The minimum absolute atomic E-state index is 0.191. The molecule has 0 radical (unpaired) electrons. The van der Waals surface area contributed by atoms with Crippen LogP contribution in [0, 0.1) is 11.3 Å². The third-order valence-electron chi connectivity index (χ3n) is 7.07. The van der Waals surface area contributed by atoms with Crippen LogP contribution >= 0.6 is 0 Å². The summed E-state index contributed by atoms with van der Waals surface area (Å²) in [5.41, 5.74) is 1.92. The molecule has 6 heteroatoms. The Labute approximate surface area is 172 Å².